The normalized spacial score (nSPS) is 9.43. The van der Waals surface area contributed by atoms with Gasteiger partial charge in [0.15, 0.2) is 0 Å². The van der Waals surface area contributed by atoms with Crippen LogP contribution < -0.4 is 0 Å². The van der Waals surface area contributed by atoms with E-state index >= 15 is 0 Å². The molecule has 0 aliphatic rings. The van der Waals surface area contributed by atoms with Crippen molar-refractivity contribution in [3.8, 4) is 0 Å². The zero-order chi connectivity index (χ0) is 5.54. The summed E-state index contributed by atoms with van der Waals surface area (Å²) in [6.07, 6.45) is 1.32. The molecule has 0 nitrogen and oxygen atoms in total. The molecule has 0 spiro atoms. The van der Waals surface area contributed by atoms with Gasteiger partial charge in [0.2, 0.25) is 0 Å². The molecule has 0 saturated carbocycles. The first-order valence-corrected chi connectivity index (χ1v) is 5.23. The number of thioether (sulfide) groups is 1. The third-order valence-electron chi connectivity index (χ3n) is 0.570. The van der Waals surface area contributed by atoms with E-state index in [1.807, 2.05) is 11.8 Å². The molecule has 0 atom stereocenters. The molecular weight excluding hydrogens is 219 g/mol. The van der Waals surface area contributed by atoms with Gasteiger partial charge in [-0.2, -0.15) is 11.8 Å². The van der Waals surface area contributed by atoms with Crippen molar-refractivity contribution in [3.63, 3.8) is 0 Å². The first kappa shape index (κ1) is 8.08. The van der Waals surface area contributed by atoms with E-state index in [0.29, 0.717) is 0 Å². The maximum atomic E-state index is 2.41. The van der Waals surface area contributed by atoms with Crippen LogP contribution in [0.15, 0.2) is 0 Å². The molecule has 0 aliphatic heterocycles. The largest absolute Gasteiger partial charge is 0.161 e. The van der Waals surface area contributed by atoms with E-state index in [2.05, 4.69) is 29.5 Å². The van der Waals surface area contributed by atoms with Crippen molar-refractivity contribution in [1.29, 1.82) is 0 Å². The second-order valence-electron chi connectivity index (χ2n) is 1.30. The van der Waals surface area contributed by atoms with Gasteiger partial charge < -0.3 is 0 Å². The van der Waals surface area contributed by atoms with Crippen LogP contribution in [0.2, 0.25) is 0 Å². The summed E-state index contributed by atoms with van der Waals surface area (Å²) in [7, 11) is 0. The van der Waals surface area contributed by atoms with Crippen LogP contribution in [0.4, 0.5) is 0 Å². The second kappa shape index (κ2) is 7.08. The van der Waals surface area contributed by atoms with Gasteiger partial charge in [0.1, 0.15) is 0 Å². The summed E-state index contributed by atoms with van der Waals surface area (Å²) < 4.78 is 1.29. The standard InChI is InChI=1S/C5H11IS/c1-2-4-7-5-3-6/h2-5H2,1H3. The molecule has 44 valence electrons. The van der Waals surface area contributed by atoms with E-state index in [-0.39, 0.29) is 0 Å². The lowest BCUT2D eigenvalue weighted by atomic mass is 10.6. The summed E-state index contributed by atoms with van der Waals surface area (Å²) in [5, 5.41) is 0. The molecule has 2 heteroatoms. The molecule has 0 radical (unpaired) electrons. The van der Waals surface area contributed by atoms with Gasteiger partial charge in [-0.1, -0.05) is 29.5 Å². The lowest BCUT2D eigenvalue weighted by Crippen LogP contribution is -1.79. The number of alkyl halides is 1. The third-order valence-corrected chi connectivity index (χ3v) is 3.03. The van der Waals surface area contributed by atoms with Gasteiger partial charge in [-0.05, 0) is 12.2 Å². The molecule has 0 rings (SSSR count). The summed E-state index contributed by atoms with van der Waals surface area (Å²) in [5.74, 6) is 2.66. The highest BCUT2D eigenvalue weighted by Gasteiger charge is 1.80. The Balaban J connectivity index is 2.45. The molecule has 0 saturated heterocycles. The molecule has 0 aromatic carbocycles. The first-order valence-electron chi connectivity index (χ1n) is 2.55. The van der Waals surface area contributed by atoms with E-state index in [4.69, 9.17) is 0 Å². The highest BCUT2D eigenvalue weighted by Crippen LogP contribution is 2.02. The summed E-state index contributed by atoms with van der Waals surface area (Å²) in [6, 6.07) is 0. The van der Waals surface area contributed by atoms with Gasteiger partial charge in [-0.3, -0.25) is 0 Å². The number of hydrogen-bond acceptors (Lipinski definition) is 1. The molecule has 0 amide bonds. The Morgan fingerprint density at radius 3 is 2.57 bits per heavy atom. The van der Waals surface area contributed by atoms with Gasteiger partial charge in [0.25, 0.3) is 0 Å². The van der Waals surface area contributed by atoms with E-state index in [1.165, 1.54) is 22.4 Å². The highest BCUT2D eigenvalue weighted by molar-refractivity contribution is 14.1. The van der Waals surface area contributed by atoms with Gasteiger partial charge in [0.05, 0.1) is 0 Å². The zero-order valence-corrected chi connectivity index (χ0v) is 7.59. The van der Waals surface area contributed by atoms with Crippen LogP contribution in [-0.4, -0.2) is 15.9 Å². The van der Waals surface area contributed by atoms with Crippen LogP contribution in [0, 0.1) is 0 Å². The van der Waals surface area contributed by atoms with Crippen LogP contribution >= 0.6 is 34.4 Å². The molecule has 0 aromatic heterocycles. The van der Waals surface area contributed by atoms with Crippen LogP contribution in [0.5, 0.6) is 0 Å². The van der Waals surface area contributed by atoms with Crippen molar-refractivity contribution in [2.45, 2.75) is 13.3 Å². The Kier molecular flexibility index (Phi) is 8.17. The summed E-state index contributed by atoms with van der Waals surface area (Å²) in [4.78, 5) is 0. The van der Waals surface area contributed by atoms with Crippen molar-refractivity contribution in [1.82, 2.24) is 0 Å². The van der Waals surface area contributed by atoms with Crippen LogP contribution in [0.3, 0.4) is 0 Å². The van der Waals surface area contributed by atoms with E-state index in [1.54, 1.807) is 0 Å². The summed E-state index contributed by atoms with van der Waals surface area (Å²) in [6.45, 7) is 2.22. The fourth-order valence-corrected chi connectivity index (χ4v) is 1.84. The Hall–Kier alpha value is 1.08. The minimum Gasteiger partial charge on any atom is -0.161 e. The quantitative estimate of drug-likeness (QED) is 0.406. The molecule has 0 bridgehead atoms. The lowest BCUT2D eigenvalue weighted by Gasteiger charge is -1.90. The number of hydrogen-bond donors (Lipinski definition) is 0. The van der Waals surface area contributed by atoms with Crippen LogP contribution in [-0.2, 0) is 0 Å². The summed E-state index contributed by atoms with van der Waals surface area (Å²) in [5.41, 5.74) is 0. The van der Waals surface area contributed by atoms with E-state index in [0.717, 1.165) is 0 Å². The molecular formula is C5H11IS. The Labute approximate surface area is 63.6 Å². The minimum atomic E-state index is 1.29. The van der Waals surface area contributed by atoms with Gasteiger partial charge >= 0.3 is 0 Å². The van der Waals surface area contributed by atoms with Gasteiger partial charge in [-0.15, -0.1) is 0 Å². The number of rotatable bonds is 4. The van der Waals surface area contributed by atoms with Crippen molar-refractivity contribution < 1.29 is 0 Å². The maximum absolute atomic E-state index is 2.41. The smallest absolute Gasteiger partial charge is 0.00863 e. The highest BCUT2D eigenvalue weighted by atomic mass is 127. The van der Waals surface area contributed by atoms with E-state index < -0.39 is 0 Å². The monoisotopic (exact) mass is 230 g/mol. The fraction of sp³-hybridized carbons (Fsp3) is 1.00. The van der Waals surface area contributed by atoms with Crippen molar-refractivity contribution in [3.05, 3.63) is 0 Å². The maximum Gasteiger partial charge on any atom is 0.00863 e. The van der Waals surface area contributed by atoms with Crippen LogP contribution in [0.25, 0.3) is 0 Å². The third kappa shape index (κ3) is 7.08. The Bertz CT molecular complexity index is 27.3. The molecule has 0 heterocycles. The van der Waals surface area contributed by atoms with Crippen molar-refractivity contribution in [2.24, 2.45) is 0 Å². The molecule has 7 heavy (non-hydrogen) atoms. The second-order valence-corrected chi connectivity index (χ2v) is 3.60. The fourth-order valence-electron chi connectivity index (χ4n) is 0.301. The van der Waals surface area contributed by atoms with Gasteiger partial charge in [0, 0.05) is 10.2 Å². The average Bonchev–Trinajstić information content (AvgIpc) is 1.69. The van der Waals surface area contributed by atoms with Crippen molar-refractivity contribution in [2.75, 3.05) is 15.9 Å². The number of halogens is 1. The van der Waals surface area contributed by atoms with Crippen molar-refractivity contribution >= 4 is 34.4 Å². The lowest BCUT2D eigenvalue weighted by molar-refractivity contribution is 1.11. The Morgan fingerprint density at radius 2 is 2.14 bits per heavy atom. The molecule has 0 aliphatic carbocycles. The van der Waals surface area contributed by atoms with Gasteiger partial charge in [-0.25, -0.2) is 0 Å². The SMILES string of the molecule is CCCSCCI. The average molecular weight is 230 g/mol. The molecule has 0 aromatic rings. The molecule has 0 unspecified atom stereocenters. The predicted molar refractivity (Wildman–Crippen MR) is 46.5 cm³/mol. The molecule has 0 fully saturated rings. The minimum absolute atomic E-state index is 1.29. The zero-order valence-electron chi connectivity index (χ0n) is 4.61. The molecule has 0 N–H and O–H groups in total. The van der Waals surface area contributed by atoms with Crippen LogP contribution in [0.1, 0.15) is 13.3 Å². The summed E-state index contributed by atoms with van der Waals surface area (Å²) >= 11 is 4.45. The Morgan fingerprint density at radius 1 is 1.43 bits per heavy atom. The first-order chi connectivity index (χ1) is 3.41. The predicted octanol–water partition coefficient (Wildman–Crippen LogP) is 2.56. The topological polar surface area (TPSA) is 0 Å². The van der Waals surface area contributed by atoms with E-state index in [9.17, 15) is 0 Å².